The average Bonchev–Trinajstić information content (AvgIpc) is 3.57. The van der Waals surface area contributed by atoms with Gasteiger partial charge in [0.05, 0.1) is 25.2 Å². The van der Waals surface area contributed by atoms with E-state index >= 15 is 0 Å². The summed E-state index contributed by atoms with van der Waals surface area (Å²) in [5.74, 6) is 1.66. The number of imide groups is 1. The molecule has 33 heavy (non-hydrogen) atoms. The third kappa shape index (κ3) is 3.74. The van der Waals surface area contributed by atoms with Gasteiger partial charge in [-0.05, 0) is 111 Å². The minimum atomic E-state index is -0.225. The van der Waals surface area contributed by atoms with E-state index in [2.05, 4.69) is 62.4 Å². The molecule has 1 aliphatic heterocycles. The van der Waals surface area contributed by atoms with Gasteiger partial charge in [-0.25, -0.2) is 0 Å². The molecule has 0 spiro atoms. The molecule has 1 heterocycles. The van der Waals surface area contributed by atoms with E-state index in [0.29, 0.717) is 23.5 Å². The fourth-order valence-electron chi connectivity index (χ4n) is 5.71. The fourth-order valence-corrected chi connectivity index (χ4v) is 7.96. The van der Waals surface area contributed by atoms with Gasteiger partial charge in [0.25, 0.3) is 11.8 Å². The van der Waals surface area contributed by atoms with Crippen LogP contribution >= 0.6 is 56.8 Å². The predicted octanol–water partition coefficient (Wildman–Crippen LogP) is 5.52. The summed E-state index contributed by atoms with van der Waals surface area (Å²) in [4.78, 5) is 26.2. The molecule has 168 valence electrons. The van der Waals surface area contributed by atoms with E-state index in [-0.39, 0.29) is 35.5 Å². The minimum Gasteiger partial charge on any atom is -0.487 e. The SMILES string of the molecule is O=C1[C@@H]2[C@H]3C=C[C@@H]([C@@H]4C[C@@H]34)[C@@H]2C(=O)N1N=Cc1cc(I)c(OCc2ccc(Cl)cc2)c(I)c1. The zero-order chi connectivity index (χ0) is 22.9. The van der Waals surface area contributed by atoms with Crippen LogP contribution in [0, 0.1) is 42.6 Å². The summed E-state index contributed by atoms with van der Waals surface area (Å²) in [6.45, 7) is 0.439. The van der Waals surface area contributed by atoms with Crippen molar-refractivity contribution in [1.82, 2.24) is 5.01 Å². The zero-order valence-corrected chi connectivity index (χ0v) is 22.4. The van der Waals surface area contributed by atoms with Gasteiger partial charge in [-0.1, -0.05) is 35.9 Å². The number of amides is 2. The Morgan fingerprint density at radius 2 is 1.58 bits per heavy atom. The number of rotatable bonds is 5. The van der Waals surface area contributed by atoms with Gasteiger partial charge < -0.3 is 4.74 Å². The molecule has 5 aliphatic rings. The predicted molar refractivity (Wildman–Crippen MR) is 142 cm³/mol. The number of benzene rings is 2. The first-order valence-corrected chi connectivity index (χ1v) is 13.4. The monoisotopic (exact) mass is 684 g/mol. The van der Waals surface area contributed by atoms with E-state index in [1.165, 1.54) is 0 Å². The molecule has 8 heteroatoms. The van der Waals surface area contributed by atoms with Gasteiger partial charge >= 0.3 is 0 Å². The Balaban J connectivity index is 1.18. The van der Waals surface area contributed by atoms with E-state index in [1.54, 1.807) is 6.21 Å². The van der Waals surface area contributed by atoms with E-state index < -0.39 is 0 Å². The van der Waals surface area contributed by atoms with Crippen molar-refractivity contribution in [3.8, 4) is 5.75 Å². The Morgan fingerprint density at radius 3 is 2.15 bits per heavy atom. The lowest BCUT2D eigenvalue weighted by molar-refractivity contribution is -0.140. The van der Waals surface area contributed by atoms with E-state index in [0.717, 1.165) is 35.4 Å². The molecule has 2 aromatic rings. The van der Waals surface area contributed by atoms with Gasteiger partial charge in [0.15, 0.2) is 0 Å². The highest BCUT2D eigenvalue weighted by Gasteiger charge is 2.67. The van der Waals surface area contributed by atoms with Crippen molar-refractivity contribution in [2.75, 3.05) is 0 Å². The molecule has 0 aromatic heterocycles. The first-order valence-electron chi connectivity index (χ1n) is 10.9. The number of allylic oxidation sites excluding steroid dienone is 2. The maximum Gasteiger partial charge on any atom is 0.254 e. The van der Waals surface area contributed by atoms with Gasteiger partial charge in [-0.15, -0.1) is 0 Å². The van der Waals surface area contributed by atoms with Crippen molar-refractivity contribution in [3.05, 3.63) is 71.8 Å². The number of halogens is 3. The normalized spacial score (nSPS) is 31.3. The van der Waals surface area contributed by atoms with Gasteiger partial charge in [-0.2, -0.15) is 10.1 Å². The highest BCUT2D eigenvalue weighted by Crippen LogP contribution is 2.65. The first kappa shape index (κ1) is 22.0. The van der Waals surface area contributed by atoms with Crippen molar-refractivity contribution in [3.63, 3.8) is 0 Å². The Kier molecular flexibility index (Phi) is 5.57. The molecule has 3 fully saturated rings. The number of hydrazone groups is 1. The molecular weight excluding hydrogens is 666 g/mol. The van der Waals surface area contributed by atoms with Crippen LogP contribution in [0.25, 0.3) is 0 Å². The van der Waals surface area contributed by atoms with Crippen molar-refractivity contribution in [1.29, 1.82) is 0 Å². The Bertz CT molecular complexity index is 1170. The zero-order valence-electron chi connectivity index (χ0n) is 17.3. The highest BCUT2D eigenvalue weighted by atomic mass is 127. The lowest BCUT2D eigenvalue weighted by atomic mass is 9.63. The number of nitrogens with zero attached hydrogens (tertiary/aromatic N) is 2. The summed E-state index contributed by atoms with van der Waals surface area (Å²) < 4.78 is 7.91. The van der Waals surface area contributed by atoms with Gasteiger partial charge in [-0.3, -0.25) is 9.59 Å². The third-order valence-electron chi connectivity index (χ3n) is 7.28. The lowest BCUT2D eigenvalue weighted by Crippen LogP contribution is -2.40. The second kappa shape index (κ2) is 8.34. The van der Waals surface area contributed by atoms with E-state index in [4.69, 9.17) is 16.3 Å². The van der Waals surface area contributed by atoms with E-state index in [1.807, 2.05) is 36.4 Å². The van der Waals surface area contributed by atoms with Crippen LogP contribution < -0.4 is 4.74 Å². The molecule has 5 nitrogen and oxygen atoms in total. The van der Waals surface area contributed by atoms with Crippen molar-refractivity contribution >= 4 is 74.8 Å². The second-order valence-electron chi connectivity index (χ2n) is 9.12. The number of hydrogen-bond acceptors (Lipinski definition) is 4. The van der Waals surface area contributed by atoms with Crippen LogP contribution in [0.15, 0.2) is 53.7 Å². The van der Waals surface area contributed by atoms with Crippen molar-refractivity contribution < 1.29 is 14.3 Å². The topological polar surface area (TPSA) is 59.0 Å². The molecule has 2 amide bonds. The Hall–Kier alpha value is -1.46. The number of carbonyl (C=O) groups is 2. The number of hydrogen-bond donors (Lipinski definition) is 0. The van der Waals surface area contributed by atoms with Gasteiger partial charge in [0.2, 0.25) is 0 Å². The Morgan fingerprint density at radius 1 is 1.00 bits per heavy atom. The molecule has 1 saturated heterocycles. The molecule has 7 rings (SSSR count). The molecule has 0 unspecified atom stereocenters. The molecule has 6 atom stereocenters. The summed E-state index contributed by atoms with van der Waals surface area (Å²) in [7, 11) is 0. The highest BCUT2D eigenvalue weighted by molar-refractivity contribution is 14.1. The third-order valence-corrected chi connectivity index (χ3v) is 9.13. The maximum atomic E-state index is 13.1. The van der Waals surface area contributed by atoms with Crippen LogP contribution in [0.5, 0.6) is 5.75 Å². The standard InChI is InChI=1S/C25H19ClI2N2O3/c26-14-3-1-12(2-4-14)11-33-23-19(27)7-13(8-20(23)28)10-29-30-24(31)21-15-5-6-16(18-9-17(15)18)22(21)25(30)32/h1-8,10,15-18,21-22H,9,11H2/t15-,16-,17-,18-,21-,22+/m0/s1. The molecule has 4 aliphatic carbocycles. The van der Waals surface area contributed by atoms with Gasteiger partial charge in [0, 0.05) is 5.02 Å². The summed E-state index contributed by atoms with van der Waals surface area (Å²) in [5, 5.41) is 6.17. The summed E-state index contributed by atoms with van der Waals surface area (Å²) in [6, 6.07) is 11.5. The van der Waals surface area contributed by atoms with E-state index in [9.17, 15) is 9.59 Å². The number of carbonyl (C=O) groups excluding carboxylic acids is 2. The molecule has 2 aromatic carbocycles. The van der Waals surface area contributed by atoms with Crippen molar-refractivity contribution in [2.45, 2.75) is 13.0 Å². The minimum absolute atomic E-state index is 0.140. The summed E-state index contributed by atoms with van der Waals surface area (Å²) >= 11 is 10.4. The molecular formula is C25H19ClI2N2O3. The largest absolute Gasteiger partial charge is 0.487 e. The fraction of sp³-hybridized carbons (Fsp3) is 0.320. The Labute approximate surface area is 223 Å². The van der Waals surface area contributed by atoms with Crippen LogP contribution in [0.3, 0.4) is 0 Å². The maximum absolute atomic E-state index is 13.1. The summed E-state index contributed by atoms with van der Waals surface area (Å²) in [6.07, 6.45) is 7.11. The van der Waals surface area contributed by atoms with Crippen LogP contribution in [-0.4, -0.2) is 23.0 Å². The first-order chi connectivity index (χ1) is 15.9. The average molecular weight is 685 g/mol. The van der Waals surface area contributed by atoms with Crippen LogP contribution in [0.4, 0.5) is 0 Å². The van der Waals surface area contributed by atoms with Crippen LogP contribution in [-0.2, 0) is 16.2 Å². The smallest absolute Gasteiger partial charge is 0.254 e. The van der Waals surface area contributed by atoms with Crippen LogP contribution in [0.2, 0.25) is 5.02 Å². The second-order valence-corrected chi connectivity index (χ2v) is 11.9. The van der Waals surface area contributed by atoms with Crippen LogP contribution in [0.1, 0.15) is 17.5 Å². The summed E-state index contributed by atoms with van der Waals surface area (Å²) in [5.41, 5.74) is 1.85. The lowest BCUT2D eigenvalue weighted by Gasteiger charge is -2.37. The molecule has 0 radical (unpaired) electrons. The molecule has 2 bridgehead atoms. The quantitative estimate of drug-likeness (QED) is 0.181. The number of ether oxygens (including phenoxy) is 1. The van der Waals surface area contributed by atoms with Gasteiger partial charge in [0.1, 0.15) is 12.4 Å². The molecule has 0 N–H and O–H groups in total. The molecule has 2 saturated carbocycles. The van der Waals surface area contributed by atoms with Crippen molar-refractivity contribution in [2.24, 2.45) is 40.6 Å².